The highest BCUT2D eigenvalue weighted by atomic mass is 16.6. The van der Waals surface area contributed by atoms with Crippen LogP contribution in [0.3, 0.4) is 0 Å². The zero-order valence-corrected chi connectivity index (χ0v) is 39.4. The van der Waals surface area contributed by atoms with Crippen molar-refractivity contribution >= 4 is 41.4 Å². The van der Waals surface area contributed by atoms with Crippen LogP contribution >= 0.6 is 0 Å². The fourth-order valence-corrected chi connectivity index (χ4v) is 7.34. The zero-order valence-electron chi connectivity index (χ0n) is 39.4. The molecule has 0 unspecified atom stereocenters. The molecule has 0 saturated carbocycles. The van der Waals surface area contributed by atoms with Crippen LogP contribution in [0.2, 0.25) is 0 Å². The first-order valence-corrected chi connectivity index (χ1v) is 24.3. The minimum absolute atomic E-state index is 0.150. The number of carbonyl (C=O) groups is 2. The topological polar surface area (TPSA) is 139 Å². The van der Waals surface area contributed by atoms with Crippen molar-refractivity contribution in [1.82, 2.24) is 0 Å². The Morgan fingerprint density at radius 2 is 0.821 bits per heavy atom. The monoisotopic (exact) mass is 909 g/mol. The lowest BCUT2D eigenvalue weighted by Gasteiger charge is -2.09. The molecule has 0 aliphatic carbocycles. The molecule has 354 valence electrons. The van der Waals surface area contributed by atoms with Crippen molar-refractivity contribution in [1.29, 1.82) is 0 Å². The van der Waals surface area contributed by atoms with Crippen LogP contribution in [0.1, 0.15) is 161 Å². The van der Waals surface area contributed by atoms with Gasteiger partial charge in [0.05, 0.1) is 40.6 Å². The molecule has 0 spiro atoms. The molecule has 5 rings (SSSR count). The molecule has 0 bridgehead atoms. The van der Waals surface area contributed by atoms with E-state index in [1.807, 2.05) is 48.5 Å². The van der Waals surface area contributed by atoms with Crippen LogP contribution in [0, 0.1) is 10.1 Å². The second-order valence-electron chi connectivity index (χ2n) is 16.7. The predicted octanol–water partition coefficient (Wildman–Crippen LogP) is 15.4. The summed E-state index contributed by atoms with van der Waals surface area (Å²) in [7, 11) is 0. The molecule has 0 aliphatic rings. The van der Waals surface area contributed by atoms with Crippen molar-refractivity contribution in [3.8, 4) is 23.0 Å². The summed E-state index contributed by atoms with van der Waals surface area (Å²) < 4.78 is 22.7. The van der Waals surface area contributed by atoms with Gasteiger partial charge in [-0.3, -0.25) is 20.1 Å². The number of nitrogens with zero attached hydrogens (tertiary/aromatic N) is 3. The standard InChI is InChI=1S/C56H67N3O8/c1-3-5-7-9-11-13-15-17-19-40-64-50-36-24-44(25-37-50)42-57-48-32-28-46(29-33-48)55(60)66-52-22-21-23-53(54(52)59(62)63)67-56(61)47-30-34-49(35-31-47)58-43-45-26-38-51(39-27-45)65-41-20-18-16-14-12-10-8-6-4-2/h21-39,42-43H,3-20,40-41H2,1-2H3. The van der Waals surface area contributed by atoms with E-state index in [1.54, 1.807) is 36.7 Å². The largest absolute Gasteiger partial charge is 0.494 e. The Hall–Kier alpha value is -6.62. The molecule has 11 heteroatoms. The van der Waals surface area contributed by atoms with Crippen molar-refractivity contribution in [3.63, 3.8) is 0 Å². The molecule has 5 aromatic rings. The summed E-state index contributed by atoms with van der Waals surface area (Å²) in [6.07, 6.45) is 26.3. The number of carbonyl (C=O) groups excluding carboxylic acids is 2. The number of para-hydroxylation sites is 1. The molecule has 0 aromatic heterocycles. The maximum Gasteiger partial charge on any atom is 0.353 e. The molecule has 0 fully saturated rings. The first-order chi connectivity index (χ1) is 32.8. The molecule has 0 atom stereocenters. The predicted molar refractivity (Wildman–Crippen MR) is 269 cm³/mol. The van der Waals surface area contributed by atoms with Gasteiger partial charge in [-0.25, -0.2) is 9.59 Å². The third kappa shape index (κ3) is 19.0. The summed E-state index contributed by atoms with van der Waals surface area (Å²) in [6.45, 7) is 5.88. The van der Waals surface area contributed by atoms with Gasteiger partial charge in [0.2, 0.25) is 11.5 Å². The van der Waals surface area contributed by atoms with Crippen molar-refractivity contribution in [2.75, 3.05) is 13.2 Å². The fourth-order valence-electron chi connectivity index (χ4n) is 7.34. The highest BCUT2D eigenvalue weighted by molar-refractivity contribution is 5.94. The lowest BCUT2D eigenvalue weighted by atomic mass is 10.1. The van der Waals surface area contributed by atoms with Crippen LogP contribution in [-0.4, -0.2) is 42.5 Å². The number of esters is 2. The third-order valence-electron chi connectivity index (χ3n) is 11.3. The molecule has 0 N–H and O–H groups in total. The molecule has 0 heterocycles. The molecular formula is C56H67N3O8. The van der Waals surface area contributed by atoms with Crippen molar-refractivity contribution in [3.05, 3.63) is 148 Å². The van der Waals surface area contributed by atoms with E-state index in [4.69, 9.17) is 18.9 Å². The van der Waals surface area contributed by atoms with Gasteiger partial charge in [-0.15, -0.1) is 0 Å². The van der Waals surface area contributed by atoms with E-state index in [0.29, 0.717) is 24.6 Å². The van der Waals surface area contributed by atoms with E-state index >= 15 is 0 Å². The Balaban J connectivity index is 1.05. The number of aliphatic imine (C=N–C) groups is 2. The van der Waals surface area contributed by atoms with Crippen LogP contribution < -0.4 is 18.9 Å². The number of rotatable bonds is 31. The first-order valence-electron chi connectivity index (χ1n) is 24.3. The molecular weight excluding hydrogens is 843 g/mol. The fraction of sp³-hybridized carbons (Fsp3) is 0.393. The Labute approximate surface area is 396 Å². The van der Waals surface area contributed by atoms with E-state index in [9.17, 15) is 19.7 Å². The Morgan fingerprint density at radius 3 is 1.16 bits per heavy atom. The molecule has 67 heavy (non-hydrogen) atoms. The van der Waals surface area contributed by atoms with Crippen molar-refractivity contribution in [2.45, 2.75) is 129 Å². The van der Waals surface area contributed by atoms with E-state index in [1.165, 1.54) is 145 Å². The number of nitro groups is 1. The van der Waals surface area contributed by atoms with Crippen LogP contribution in [0.5, 0.6) is 23.0 Å². The minimum atomic E-state index is -0.829. The lowest BCUT2D eigenvalue weighted by molar-refractivity contribution is -0.386. The summed E-state index contributed by atoms with van der Waals surface area (Å²) in [5.41, 5.74) is 2.60. The lowest BCUT2D eigenvalue weighted by Crippen LogP contribution is -2.12. The average Bonchev–Trinajstić information content (AvgIpc) is 3.34. The van der Waals surface area contributed by atoms with Gasteiger partial charge in [-0.05, 0) is 133 Å². The van der Waals surface area contributed by atoms with E-state index in [0.717, 1.165) is 35.5 Å². The van der Waals surface area contributed by atoms with E-state index in [-0.39, 0.29) is 22.6 Å². The van der Waals surface area contributed by atoms with Gasteiger partial charge in [0.15, 0.2) is 0 Å². The van der Waals surface area contributed by atoms with Gasteiger partial charge in [-0.2, -0.15) is 0 Å². The zero-order chi connectivity index (χ0) is 47.3. The summed E-state index contributed by atoms with van der Waals surface area (Å²) in [5.74, 6) is -0.760. The number of nitro benzene ring substituents is 1. The van der Waals surface area contributed by atoms with E-state index < -0.39 is 22.5 Å². The van der Waals surface area contributed by atoms with Crippen LogP contribution in [0.4, 0.5) is 17.1 Å². The maximum absolute atomic E-state index is 13.1. The molecule has 0 aliphatic heterocycles. The minimum Gasteiger partial charge on any atom is -0.494 e. The normalized spacial score (nSPS) is 11.3. The number of hydrogen-bond donors (Lipinski definition) is 0. The molecule has 11 nitrogen and oxygen atoms in total. The highest BCUT2D eigenvalue weighted by Crippen LogP contribution is 2.37. The van der Waals surface area contributed by atoms with Crippen molar-refractivity contribution in [2.24, 2.45) is 9.98 Å². The summed E-state index contributed by atoms with van der Waals surface area (Å²) >= 11 is 0. The molecule has 5 aromatic carbocycles. The number of ether oxygens (including phenoxy) is 4. The Kier molecular flexibility index (Phi) is 22.9. The Morgan fingerprint density at radius 1 is 0.478 bits per heavy atom. The number of hydrogen-bond acceptors (Lipinski definition) is 10. The summed E-state index contributed by atoms with van der Waals surface area (Å²) in [4.78, 5) is 46.7. The van der Waals surface area contributed by atoms with Gasteiger partial charge in [0, 0.05) is 12.4 Å². The average molecular weight is 910 g/mol. The van der Waals surface area contributed by atoms with Crippen LogP contribution in [-0.2, 0) is 0 Å². The van der Waals surface area contributed by atoms with Gasteiger partial charge in [-0.1, -0.05) is 123 Å². The van der Waals surface area contributed by atoms with Gasteiger partial charge < -0.3 is 18.9 Å². The summed E-state index contributed by atoms with van der Waals surface area (Å²) in [5, 5.41) is 12.2. The number of unbranched alkanes of at least 4 members (excludes halogenated alkanes) is 16. The second-order valence-corrected chi connectivity index (χ2v) is 16.7. The Bertz CT molecular complexity index is 2140. The van der Waals surface area contributed by atoms with Crippen molar-refractivity contribution < 1.29 is 33.5 Å². The third-order valence-corrected chi connectivity index (χ3v) is 11.3. The highest BCUT2D eigenvalue weighted by Gasteiger charge is 2.27. The maximum atomic E-state index is 13.1. The smallest absolute Gasteiger partial charge is 0.353 e. The van der Waals surface area contributed by atoms with Crippen LogP contribution in [0.15, 0.2) is 125 Å². The molecule has 0 saturated heterocycles. The SMILES string of the molecule is CCCCCCCCCCCOc1ccc(C=Nc2ccc(C(=O)Oc3cccc(OC(=O)c4ccc(N=Cc5ccc(OCCCCCCCCCCC)cc5)cc4)c3[N+](=O)[O-])cc2)cc1. The van der Waals surface area contributed by atoms with Gasteiger partial charge in [0.25, 0.3) is 0 Å². The molecule has 0 amide bonds. The van der Waals surface area contributed by atoms with Gasteiger partial charge in [0.1, 0.15) is 11.5 Å². The first kappa shape index (κ1) is 51.4. The van der Waals surface area contributed by atoms with E-state index in [2.05, 4.69) is 23.8 Å². The number of benzene rings is 5. The molecule has 0 radical (unpaired) electrons. The van der Waals surface area contributed by atoms with Gasteiger partial charge >= 0.3 is 17.6 Å². The van der Waals surface area contributed by atoms with Crippen LogP contribution in [0.25, 0.3) is 0 Å². The quantitative estimate of drug-likeness (QED) is 0.0107. The summed E-state index contributed by atoms with van der Waals surface area (Å²) in [6, 6.07) is 32.0. The second kappa shape index (κ2) is 29.8.